The summed E-state index contributed by atoms with van der Waals surface area (Å²) in [5, 5.41) is 6.51. The number of nitrogens with one attached hydrogen (secondary N) is 1. The Bertz CT molecular complexity index is 677. The Morgan fingerprint density at radius 2 is 2.04 bits per heavy atom. The zero-order chi connectivity index (χ0) is 17.3. The number of morpholine rings is 1. The first-order valence-corrected chi connectivity index (χ1v) is 8.18. The summed E-state index contributed by atoms with van der Waals surface area (Å²) < 4.78 is 10.5. The van der Waals surface area contributed by atoms with E-state index in [-0.39, 0.29) is 12.5 Å². The largest absolute Gasteiger partial charge is 0.467 e. The van der Waals surface area contributed by atoms with Gasteiger partial charge in [0.05, 0.1) is 32.2 Å². The zero-order valence-electron chi connectivity index (χ0n) is 13.9. The lowest BCUT2D eigenvalue weighted by atomic mass is 10.2. The number of benzene rings is 1. The number of ether oxygens (including phenoxy) is 1. The molecule has 1 aromatic carbocycles. The van der Waals surface area contributed by atoms with Crippen LogP contribution in [0.3, 0.4) is 0 Å². The van der Waals surface area contributed by atoms with Gasteiger partial charge in [-0.2, -0.15) is 0 Å². The zero-order valence-corrected chi connectivity index (χ0v) is 13.9. The van der Waals surface area contributed by atoms with Gasteiger partial charge in [0, 0.05) is 18.8 Å². The van der Waals surface area contributed by atoms with Crippen molar-refractivity contribution in [3.63, 3.8) is 0 Å². The van der Waals surface area contributed by atoms with Crippen molar-refractivity contribution in [1.29, 1.82) is 0 Å². The Morgan fingerprint density at radius 1 is 1.24 bits per heavy atom. The van der Waals surface area contributed by atoms with Crippen molar-refractivity contribution in [2.75, 3.05) is 37.8 Å². The smallest absolute Gasteiger partial charge is 0.261 e. The molecule has 1 aliphatic rings. The van der Waals surface area contributed by atoms with Crippen LogP contribution in [-0.4, -0.2) is 45.0 Å². The molecule has 0 saturated carbocycles. The van der Waals surface area contributed by atoms with Crippen LogP contribution in [0.2, 0.25) is 0 Å². The van der Waals surface area contributed by atoms with E-state index in [0.717, 1.165) is 31.9 Å². The Balaban J connectivity index is 1.39. The maximum Gasteiger partial charge on any atom is 0.261 e. The second kappa shape index (κ2) is 8.89. The van der Waals surface area contributed by atoms with E-state index in [4.69, 9.17) is 14.0 Å². The molecule has 3 rings (SSSR count). The molecule has 2 aromatic rings. The van der Waals surface area contributed by atoms with Gasteiger partial charge in [0.25, 0.3) is 5.91 Å². The van der Waals surface area contributed by atoms with Crippen LogP contribution in [-0.2, 0) is 20.9 Å². The lowest BCUT2D eigenvalue weighted by Gasteiger charge is -2.28. The van der Waals surface area contributed by atoms with E-state index >= 15 is 0 Å². The van der Waals surface area contributed by atoms with Crippen molar-refractivity contribution in [1.82, 2.24) is 5.32 Å². The van der Waals surface area contributed by atoms with Gasteiger partial charge in [0.15, 0.2) is 6.61 Å². The predicted molar refractivity (Wildman–Crippen MR) is 93.6 cm³/mol. The molecule has 7 heteroatoms. The standard InChI is InChI=1S/C18H21N3O4/c22-18(19-13-17-2-1-9-24-17)14-25-20-12-15-3-5-16(6-4-15)21-7-10-23-11-8-21/h1-6,9,12H,7-8,10-11,13-14H2,(H,19,22). The van der Waals surface area contributed by atoms with Crippen LogP contribution >= 0.6 is 0 Å². The summed E-state index contributed by atoms with van der Waals surface area (Å²) in [6, 6.07) is 11.6. The van der Waals surface area contributed by atoms with Crippen molar-refractivity contribution < 1.29 is 18.8 Å². The topological polar surface area (TPSA) is 76.3 Å². The average molecular weight is 343 g/mol. The Hall–Kier alpha value is -2.80. The number of hydrogen-bond acceptors (Lipinski definition) is 6. The van der Waals surface area contributed by atoms with Crippen molar-refractivity contribution in [2.24, 2.45) is 5.16 Å². The third kappa shape index (κ3) is 5.36. The first-order chi connectivity index (χ1) is 12.3. The van der Waals surface area contributed by atoms with E-state index < -0.39 is 0 Å². The summed E-state index contributed by atoms with van der Waals surface area (Å²) in [5.41, 5.74) is 2.08. The average Bonchev–Trinajstić information content (AvgIpc) is 3.18. The summed E-state index contributed by atoms with van der Waals surface area (Å²) in [5.74, 6) is 0.438. The van der Waals surface area contributed by atoms with Crippen LogP contribution in [0.25, 0.3) is 0 Å². The van der Waals surface area contributed by atoms with Gasteiger partial charge in [0.1, 0.15) is 5.76 Å². The van der Waals surface area contributed by atoms with E-state index in [0.29, 0.717) is 12.3 Å². The molecule has 7 nitrogen and oxygen atoms in total. The molecule has 1 aliphatic heterocycles. The van der Waals surface area contributed by atoms with E-state index in [1.165, 1.54) is 5.69 Å². The highest BCUT2D eigenvalue weighted by atomic mass is 16.6. The van der Waals surface area contributed by atoms with Crippen LogP contribution in [0.15, 0.2) is 52.2 Å². The fraction of sp³-hybridized carbons (Fsp3) is 0.333. The van der Waals surface area contributed by atoms with Gasteiger partial charge < -0.3 is 24.2 Å². The van der Waals surface area contributed by atoms with E-state index in [1.807, 2.05) is 24.3 Å². The number of rotatable bonds is 7. The van der Waals surface area contributed by atoms with Gasteiger partial charge in [-0.1, -0.05) is 17.3 Å². The molecule has 0 unspecified atom stereocenters. The first kappa shape index (κ1) is 17.0. The molecule has 132 valence electrons. The fourth-order valence-electron chi connectivity index (χ4n) is 2.44. The summed E-state index contributed by atoms with van der Waals surface area (Å²) in [7, 11) is 0. The van der Waals surface area contributed by atoms with Crippen molar-refractivity contribution >= 4 is 17.8 Å². The maximum absolute atomic E-state index is 11.6. The minimum atomic E-state index is -0.254. The van der Waals surface area contributed by atoms with Gasteiger partial charge in [0.2, 0.25) is 0 Å². The third-order valence-electron chi connectivity index (χ3n) is 3.78. The minimum Gasteiger partial charge on any atom is -0.467 e. The van der Waals surface area contributed by atoms with Gasteiger partial charge in [-0.25, -0.2) is 0 Å². The monoisotopic (exact) mass is 343 g/mol. The second-order valence-electron chi connectivity index (χ2n) is 5.55. The normalized spacial score (nSPS) is 14.6. The molecule has 0 atom stereocenters. The SMILES string of the molecule is O=C(CON=Cc1ccc(N2CCOCC2)cc1)NCc1ccco1. The first-order valence-electron chi connectivity index (χ1n) is 8.18. The molecule has 1 saturated heterocycles. The van der Waals surface area contributed by atoms with Crippen molar-refractivity contribution in [3.8, 4) is 0 Å². The Kier molecular flexibility index (Phi) is 6.06. The van der Waals surface area contributed by atoms with Gasteiger partial charge in [-0.3, -0.25) is 4.79 Å². The molecular formula is C18H21N3O4. The molecule has 0 spiro atoms. The molecular weight excluding hydrogens is 322 g/mol. The highest BCUT2D eigenvalue weighted by Gasteiger charge is 2.10. The van der Waals surface area contributed by atoms with Gasteiger partial charge in [-0.05, 0) is 29.8 Å². The lowest BCUT2D eigenvalue weighted by molar-refractivity contribution is -0.125. The van der Waals surface area contributed by atoms with Crippen molar-refractivity contribution in [2.45, 2.75) is 6.54 Å². The van der Waals surface area contributed by atoms with Crippen LogP contribution in [0.5, 0.6) is 0 Å². The summed E-state index contributed by atoms with van der Waals surface area (Å²) >= 11 is 0. The predicted octanol–water partition coefficient (Wildman–Crippen LogP) is 1.78. The quantitative estimate of drug-likeness (QED) is 0.613. The highest BCUT2D eigenvalue weighted by molar-refractivity contribution is 5.80. The molecule has 1 N–H and O–H groups in total. The third-order valence-corrected chi connectivity index (χ3v) is 3.78. The van der Waals surface area contributed by atoms with Crippen LogP contribution in [0.4, 0.5) is 5.69 Å². The number of carbonyl (C=O) groups excluding carboxylic acids is 1. The number of carbonyl (C=O) groups is 1. The summed E-state index contributed by atoms with van der Waals surface area (Å²) in [6.07, 6.45) is 3.15. The number of amides is 1. The Morgan fingerprint density at radius 3 is 2.76 bits per heavy atom. The van der Waals surface area contributed by atoms with Crippen LogP contribution in [0, 0.1) is 0 Å². The molecule has 25 heavy (non-hydrogen) atoms. The minimum absolute atomic E-state index is 0.136. The molecule has 0 bridgehead atoms. The number of furan rings is 1. The van der Waals surface area contributed by atoms with Crippen LogP contribution < -0.4 is 10.2 Å². The molecule has 0 aliphatic carbocycles. The lowest BCUT2D eigenvalue weighted by Crippen LogP contribution is -2.36. The highest BCUT2D eigenvalue weighted by Crippen LogP contribution is 2.15. The fourth-order valence-corrected chi connectivity index (χ4v) is 2.44. The van der Waals surface area contributed by atoms with E-state index in [1.54, 1.807) is 24.6 Å². The Labute approximate surface area is 146 Å². The molecule has 2 heterocycles. The molecule has 1 aromatic heterocycles. The molecule has 0 radical (unpaired) electrons. The number of anilines is 1. The van der Waals surface area contributed by atoms with Gasteiger partial charge >= 0.3 is 0 Å². The van der Waals surface area contributed by atoms with Crippen LogP contribution in [0.1, 0.15) is 11.3 Å². The van der Waals surface area contributed by atoms with E-state index in [9.17, 15) is 4.79 Å². The van der Waals surface area contributed by atoms with E-state index in [2.05, 4.69) is 15.4 Å². The molecule has 1 fully saturated rings. The van der Waals surface area contributed by atoms with Crippen molar-refractivity contribution in [3.05, 3.63) is 54.0 Å². The summed E-state index contributed by atoms with van der Waals surface area (Å²) in [6.45, 7) is 3.54. The van der Waals surface area contributed by atoms with Gasteiger partial charge in [-0.15, -0.1) is 0 Å². The second-order valence-corrected chi connectivity index (χ2v) is 5.55. The molecule has 1 amide bonds. The number of hydrogen-bond donors (Lipinski definition) is 1. The maximum atomic E-state index is 11.6. The number of nitrogens with zero attached hydrogens (tertiary/aromatic N) is 2. The summed E-state index contributed by atoms with van der Waals surface area (Å²) in [4.78, 5) is 18.9. The number of oxime groups is 1.